The molecule has 0 spiro atoms. The third-order valence-electron chi connectivity index (χ3n) is 2.68. The summed E-state index contributed by atoms with van der Waals surface area (Å²) in [6.45, 7) is -0.150. The summed E-state index contributed by atoms with van der Waals surface area (Å²) in [7, 11) is 1.55. The fraction of sp³-hybridized carbons (Fsp3) is 0.133. The van der Waals surface area contributed by atoms with Crippen LogP contribution in [0.25, 0.3) is 0 Å². The Labute approximate surface area is 127 Å². The zero-order valence-electron chi connectivity index (χ0n) is 11.4. The topological polar surface area (TPSA) is 73.6 Å². The van der Waals surface area contributed by atoms with Crippen LogP contribution in [0.3, 0.4) is 0 Å². The van der Waals surface area contributed by atoms with E-state index in [1.165, 1.54) is 0 Å². The molecule has 0 aliphatic rings. The molecule has 0 radical (unpaired) electrons. The van der Waals surface area contributed by atoms with Crippen LogP contribution in [0.2, 0.25) is 5.02 Å². The Morgan fingerprint density at radius 2 is 2.10 bits per heavy atom. The summed E-state index contributed by atoms with van der Waals surface area (Å²) in [5, 5.41) is 3.23. The Kier molecular flexibility index (Phi) is 4.90. The van der Waals surface area contributed by atoms with Gasteiger partial charge in [0.2, 0.25) is 0 Å². The van der Waals surface area contributed by atoms with Gasteiger partial charge < -0.3 is 20.5 Å². The van der Waals surface area contributed by atoms with E-state index >= 15 is 0 Å². The number of hydrogen-bond donors (Lipinski definition) is 2. The van der Waals surface area contributed by atoms with E-state index in [0.29, 0.717) is 27.9 Å². The lowest BCUT2D eigenvalue weighted by atomic mass is 10.3. The second kappa shape index (κ2) is 6.85. The maximum atomic E-state index is 11.8. The number of rotatable bonds is 5. The number of nitrogens with one attached hydrogen (secondary N) is 1. The summed E-state index contributed by atoms with van der Waals surface area (Å²) in [5.41, 5.74) is 6.82. The van der Waals surface area contributed by atoms with Crippen LogP contribution in [-0.2, 0) is 4.79 Å². The van der Waals surface area contributed by atoms with Crippen LogP contribution in [0.4, 0.5) is 11.4 Å². The van der Waals surface area contributed by atoms with Gasteiger partial charge in [0.15, 0.2) is 6.61 Å². The van der Waals surface area contributed by atoms with Crippen molar-refractivity contribution in [2.75, 3.05) is 24.8 Å². The predicted octanol–water partition coefficient (Wildman–Crippen LogP) is 2.95. The number of nitrogen functional groups attached to an aromatic ring is 1. The molecule has 0 saturated carbocycles. The molecule has 2 aromatic rings. The van der Waals surface area contributed by atoms with Gasteiger partial charge in [-0.2, -0.15) is 0 Å². The molecule has 2 rings (SSSR count). The fourth-order valence-corrected chi connectivity index (χ4v) is 1.88. The van der Waals surface area contributed by atoms with Crippen LogP contribution in [0.5, 0.6) is 11.5 Å². The van der Waals surface area contributed by atoms with Crippen LogP contribution in [0.15, 0.2) is 42.5 Å². The number of amides is 1. The number of carbonyl (C=O) groups is 1. The molecule has 110 valence electrons. The SMILES string of the molecule is COc1ccc(OCC(=O)Nc2cccc(Cl)c2)c(N)c1. The largest absolute Gasteiger partial charge is 0.497 e. The summed E-state index contributed by atoms with van der Waals surface area (Å²) in [6, 6.07) is 11.9. The van der Waals surface area contributed by atoms with Crippen molar-refractivity contribution in [2.24, 2.45) is 0 Å². The van der Waals surface area contributed by atoms with Gasteiger partial charge in [0, 0.05) is 16.8 Å². The lowest BCUT2D eigenvalue weighted by Gasteiger charge is -2.10. The zero-order chi connectivity index (χ0) is 15.2. The Hall–Kier alpha value is -2.40. The highest BCUT2D eigenvalue weighted by Gasteiger charge is 2.07. The van der Waals surface area contributed by atoms with Crippen LogP contribution in [0, 0.1) is 0 Å². The lowest BCUT2D eigenvalue weighted by molar-refractivity contribution is -0.118. The molecule has 0 aliphatic carbocycles. The lowest BCUT2D eigenvalue weighted by Crippen LogP contribution is -2.20. The summed E-state index contributed by atoms with van der Waals surface area (Å²) in [6.07, 6.45) is 0. The number of anilines is 2. The minimum atomic E-state index is -0.299. The normalized spacial score (nSPS) is 10.0. The molecular formula is C15H15ClN2O3. The Morgan fingerprint density at radius 3 is 2.76 bits per heavy atom. The Balaban J connectivity index is 1.92. The maximum absolute atomic E-state index is 11.8. The van der Waals surface area contributed by atoms with E-state index in [9.17, 15) is 4.79 Å². The molecule has 0 fully saturated rings. The van der Waals surface area contributed by atoms with Gasteiger partial charge in [-0.05, 0) is 30.3 Å². The highest BCUT2D eigenvalue weighted by atomic mass is 35.5. The second-order valence-electron chi connectivity index (χ2n) is 4.25. The first-order valence-electron chi connectivity index (χ1n) is 6.20. The molecule has 0 aromatic heterocycles. The first-order chi connectivity index (χ1) is 10.1. The fourth-order valence-electron chi connectivity index (χ4n) is 1.69. The molecule has 3 N–H and O–H groups in total. The molecule has 0 saturated heterocycles. The van der Waals surface area contributed by atoms with Gasteiger partial charge in [0.05, 0.1) is 12.8 Å². The van der Waals surface area contributed by atoms with E-state index in [0.717, 1.165) is 0 Å². The highest BCUT2D eigenvalue weighted by molar-refractivity contribution is 6.30. The number of ether oxygens (including phenoxy) is 2. The van der Waals surface area contributed by atoms with Crippen LogP contribution >= 0.6 is 11.6 Å². The molecule has 5 nitrogen and oxygen atoms in total. The van der Waals surface area contributed by atoms with E-state index in [4.69, 9.17) is 26.8 Å². The molecule has 0 bridgehead atoms. The molecule has 0 unspecified atom stereocenters. The Morgan fingerprint density at radius 1 is 1.29 bits per heavy atom. The molecule has 1 amide bonds. The van der Waals surface area contributed by atoms with E-state index in [1.54, 1.807) is 49.6 Å². The smallest absolute Gasteiger partial charge is 0.262 e. The van der Waals surface area contributed by atoms with Crippen molar-refractivity contribution in [1.29, 1.82) is 0 Å². The molecule has 21 heavy (non-hydrogen) atoms. The minimum Gasteiger partial charge on any atom is -0.497 e. The van der Waals surface area contributed by atoms with Gasteiger partial charge in [-0.3, -0.25) is 4.79 Å². The van der Waals surface area contributed by atoms with Gasteiger partial charge >= 0.3 is 0 Å². The van der Waals surface area contributed by atoms with Gasteiger partial charge in [0.1, 0.15) is 11.5 Å². The maximum Gasteiger partial charge on any atom is 0.262 e. The van der Waals surface area contributed by atoms with Crippen molar-refractivity contribution in [3.63, 3.8) is 0 Å². The number of benzene rings is 2. The van der Waals surface area contributed by atoms with E-state index in [-0.39, 0.29) is 12.5 Å². The van der Waals surface area contributed by atoms with Gasteiger partial charge in [-0.15, -0.1) is 0 Å². The summed E-state index contributed by atoms with van der Waals surface area (Å²) in [5.74, 6) is 0.757. The van der Waals surface area contributed by atoms with Gasteiger partial charge in [-0.25, -0.2) is 0 Å². The van der Waals surface area contributed by atoms with Crippen molar-refractivity contribution in [2.45, 2.75) is 0 Å². The minimum absolute atomic E-state index is 0.150. The summed E-state index contributed by atoms with van der Waals surface area (Å²) in [4.78, 5) is 11.8. The summed E-state index contributed by atoms with van der Waals surface area (Å²) >= 11 is 5.84. The number of hydrogen-bond acceptors (Lipinski definition) is 4. The third kappa shape index (κ3) is 4.29. The van der Waals surface area contributed by atoms with Crippen molar-refractivity contribution in [3.05, 3.63) is 47.5 Å². The van der Waals surface area contributed by atoms with E-state index in [2.05, 4.69) is 5.32 Å². The predicted molar refractivity (Wildman–Crippen MR) is 83.0 cm³/mol. The third-order valence-corrected chi connectivity index (χ3v) is 2.92. The second-order valence-corrected chi connectivity index (χ2v) is 4.69. The number of methoxy groups -OCH3 is 1. The molecule has 0 heterocycles. The molecule has 6 heteroatoms. The average molecular weight is 307 g/mol. The first-order valence-corrected chi connectivity index (χ1v) is 6.58. The molecule has 2 aromatic carbocycles. The van der Waals surface area contributed by atoms with Crippen molar-refractivity contribution < 1.29 is 14.3 Å². The first kappa shape index (κ1) is 15.0. The number of carbonyl (C=O) groups excluding carboxylic acids is 1. The number of halogens is 1. The summed E-state index contributed by atoms with van der Waals surface area (Å²) < 4.78 is 10.4. The monoisotopic (exact) mass is 306 g/mol. The van der Waals surface area contributed by atoms with Crippen molar-refractivity contribution >= 4 is 28.9 Å². The average Bonchev–Trinajstić information content (AvgIpc) is 2.46. The molecular weight excluding hydrogens is 292 g/mol. The van der Waals surface area contributed by atoms with E-state index < -0.39 is 0 Å². The van der Waals surface area contributed by atoms with Crippen LogP contribution < -0.4 is 20.5 Å². The van der Waals surface area contributed by atoms with Crippen molar-refractivity contribution in [1.82, 2.24) is 0 Å². The molecule has 0 aliphatic heterocycles. The van der Waals surface area contributed by atoms with Crippen LogP contribution in [-0.4, -0.2) is 19.6 Å². The molecule has 0 atom stereocenters. The van der Waals surface area contributed by atoms with Gasteiger partial charge in [0.25, 0.3) is 5.91 Å². The highest BCUT2D eigenvalue weighted by Crippen LogP contribution is 2.26. The van der Waals surface area contributed by atoms with Crippen molar-refractivity contribution in [3.8, 4) is 11.5 Å². The number of nitrogens with two attached hydrogens (primary N) is 1. The zero-order valence-corrected chi connectivity index (χ0v) is 12.2. The Bertz CT molecular complexity index is 647. The van der Waals surface area contributed by atoms with Crippen LogP contribution in [0.1, 0.15) is 0 Å². The van der Waals surface area contributed by atoms with Gasteiger partial charge in [-0.1, -0.05) is 17.7 Å². The quantitative estimate of drug-likeness (QED) is 0.833. The standard InChI is InChI=1S/C15H15ClN2O3/c1-20-12-5-6-14(13(17)8-12)21-9-15(19)18-11-4-2-3-10(16)7-11/h2-8H,9,17H2,1H3,(H,18,19). The van der Waals surface area contributed by atoms with E-state index in [1.807, 2.05) is 0 Å².